The molecule has 0 atom stereocenters. The number of nitrogens with two attached hydrogens (primary N) is 1. The second-order valence-corrected chi connectivity index (χ2v) is 9.29. The zero-order valence-corrected chi connectivity index (χ0v) is 15.4. The van der Waals surface area contributed by atoms with Crippen LogP contribution in [0.5, 0.6) is 0 Å². The number of allylic oxidation sites excluding steroid dienone is 2. The fourth-order valence-corrected chi connectivity index (χ4v) is 4.95. The van der Waals surface area contributed by atoms with Crippen molar-refractivity contribution in [3.05, 3.63) is 71.0 Å². The molecule has 136 valence electrons. The fourth-order valence-electron chi connectivity index (χ4n) is 4.29. The second kappa shape index (κ2) is 6.32. The molecule has 1 spiro atoms. The molecule has 3 nitrogen and oxygen atoms in total. The van der Waals surface area contributed by atoms with Crippen molar-refractivity contribution in [3.8, 4) is 0 Å². The van der Waals surface area contributed by atoms with Gasteiger partial charge in [0.25, 0.3) is 0 Å². The van der Waals surface area contributed by atoms with Crippen LogP contribution in [-0.4, -0.2) is 8.42 Å². The Hall–Kier alpha value is -1.98. The summed E-state index contributed by atoms with van der Waals surface area (Å²) in [6, 6.07) is 14.4. The van der Waals surface area contributed by atoms with E-state index in [-0.39, 0.29) is 11.6 Å². The highest BCUT2D eigenvalue weighted by atomic mass is 32.2. The Kier molecular flexibility index (Phi) is 4.24. The molecule has 2 aliphatic rings. The van der Waals surface area contributed by atoms with Crippen molar-refractivity contribution in [1.82, 2.24) is 0 Å². The maximum atomic E-state index is 13.3. The number of sulfonamides is 1. The molecule has 4 rings (SSSR count). The molecule has 2 aliphatic carbocycles. The quantitative estimate of drug-likeness (QED) is 0.861. The monoisotopic (exact) mass is 371 g/mol. The molecular weight excluding hydrogens is 349 g/mol. The van der Waals surface area contributed by atoms with Crippen LogP contribution in [0.4, 0.5) is 4.39 Å². The van der Waals surface area contributed by atoms with Crippen molar-refractivity contribution in [2.24, 2.45) is 10.6 Å². The van der Waals surface area contributed by atoms with Gasteiger partial charge in [0.05, 0.1) is 5.75 Å². The Morgan fingerprint density at radius 1 is 0.885 bits per heavy atom. The lowest BCUT2D eigenvalue weighted by Gasteiger charge is -2.39. The van der Waals surface area contributed by atoms with Crippen LogP contribution in [0.1, 0.15) is 48.8 Å². The Morgan fingerprint density at radius 3 is 1.81 bits per heavy atom. The Bertz CT molecular complexity index is 956. The van der Waals surface area contributed by atoms with Crippen LogP contribution in [0.2, 0.25) is 0 Å². The van der Waals surface area contributed by atoms with Crippen molar-refractivity contribution >= 4 is 21.2 Å². The second-order valence-electron chi connectivity index (χ2n) is 7.68. The van der Waals surface area contributed by atoms with Crippen LogP contribution in [-0.2, 0) is 15.8 Å². The SMILES string of the molecule is NS(=O)(=O)Cc1ccc(C2=C(c3ccc(F)cc3)CC3(CCC3)C2)cc1. The molecule has 0 amide bonds. The number of hydrogen-bond donors (Lipinski definition) is 1. The fraction of sp³-hybridized carbons (Fsp3) is 0.333. The molecule has 2 aromatic rings. The van der Waals surface area contributed by atoms with Crippen molar-refractivity contribution in [3.63, 3.8) is 0 Å². The Morgan fingerprint density at radius 2 is 1.38 bits per heavy atom. The Balaban J connectivity index is 1.70. The third-order valence-corrected chi connectivity index (χ3v) is 6.48. The van der Waals surface area contributed by atoms with Gasteiger partial charge in [0.15, 0.2) is 0 Å². The molecule has 0 heterocycles. The van der Waals surface area contributed by atoms with Gasteiger partial charge in [0.2, 0.25) is 10.0 Å². The average molecular weight is 371 g/mol. The van der Waals surface area contributed by atoms with Gasteiger partial charge < -0.3 is 0 Å². The van der Waals surface area contributed by atoms with Crippen molar-refractivity contribution in [1.29, 1.82) is 0 Å². The van der Waals surface area contributed by atoms with E-state index < -0.39 is 10.0 Å². The molecule has 0 aliphatic heterocycles. The van der Waals surface area contributed by atoms with E-state index in [1.54, 1.807) is 0 Å². The third-order valence-electron chi connectivity index (χ3n) is 5.74. The molecular formula is C21H22FNO2S. The van der Waals surface area contributed by atoms with Gasteiger partial charge in [-0.1, -0.05) is 42.8 Å². The summed E-state index contributed by atoms with van der Waals surface area (Å²) in [7, 11) is -3.53. The molecule has 0 radical (unpaired) electrons. The first-order chi connectivity index (χ1) is 12.3. The zero-order valence-electron chi connectivity index (χ0n) is 14.5. The van der Waals surface area contributed by atoms with Gasteiger partial charge >= 0.3 is 0 Å². The van der Waals surface area contributed by atoms with Gasteiger partial charge in [-0.05, 0) is 71.1 Å². The molecule has 26 heavy (non-hydrogen) atoms. The Labute approximate surface area is 153 Å². The van der Waals surface area contributed by atoms with Crippen LogP contribution >= 0.6 is 0 Å². The molecule has 1 saturated carbocycles. The normalized spacial score (nSPS) is 19.0. The van der Waals surface area contributed by atoms with Gasteiger partial charge in [-0.2, -0.15) is 0 Å². The standard InChI is InChI=1S/C21H22FNO2S/c22-18-8-6-17(7-9-18)20-13-21(10-1-11-21)12-19(20)16-4-2-15(3-5-16)14-26(23,24)25/h2-9H,1,10-14H2,(H2,23,24,25). The minimum Gasteiger partial charge on any atom is -0.228 e. The molecule has 0 aromatic heterocycles. The summed E-state index contributed by atoms with van der Waals surface area (Å²) >= 11 is 0. The molecule has 2 aromatic carbocycles. The third kappa shape index (κ3) is 3.46. The van der Waals surface area contributed by atoms with E-state index in [1.807, 2.05) is 36.4 Å². The lowest BCUT2D eigenvalue weighted by Crippen LogP contribution is -2.26. The number of halogens is 1. The number of primary sulfonamides is 1. The first-order valence-corrected chi connectivity index (χ1v) is 10.6. The van der Waals surface area contributed by atoms with Crippen molar-refractivity contribution in [2.75, 3.05) is 0 Å². The highest BCUT2D eigenvalue weighted by Gasteiger charge is 2.43. The average Bonchev–Trinajstić information content (AvgIpc) is 2.96. The van der Waals surface area contributed by atoms with Crippen molar-refractivity contribution < 1.29 is 12.8 Å². The van der Waals surface area contributed by atoms with Gasteiger partial charge in [-0.25, -0.2) is 17.9 Å². The highest BCUT2D eigenvalue weighted by Crippen LogP contribution is 2.59. The van der Waals surface area contributed by atoms with Crippen LogP contribution in [0.15, 0.2) is 48.5 Å². The number of benzene rings is 2. The molecule has 0 bridgehead atoms. The van der Waals surface area contributed by atoms with Gasteiger partial charge in [0, 0.05) is 0 Å². The summed E-state index contributed by atoms with van der Waals surface area (Å²) < 4.78 is 35.9. The van der Waals surface area contributed by atoms with Gasteiger partial charge in [0.1, 0.15) is 5.82 Å². The van der Waals surface area contributed by atoms with E-state index in [0.29, 0.717) is 11.0 Å². The lowest BCUT2D eigenvalue weighted by atomic mass is 9.66. The van der Waals surface area contributed by atoms with Crippen molar-refractivity contribution in [2.45, 2.75) is 37.9 Å². The van der Waals surface area contributed by atoms with Gasteiger partial charge in [-0.15, -0.1) is 0 Å². The predicted octanol–water partition coefficient (Wildman–Crippen LogP) is 4.49. The van der Waals surface area contributed by atoms with Crippen LogP contribution < -0.4 is 5.14 Å². The maximum Gasteiger partial charge on any atom is 0.213 e. The van der Waals surface area contributed by atoms with Gasteiger partial charge in [-0.3, -0.25) is 0 Å². The lowest BCUT2D eigenvalue weighted by molar-refractivity contribution is 0.157. The minimum absolute atomic E-state index is 0.152. The topological polar surface area (TPSA) is 60.2 Å². The molecule has 1 fully saturated rings. The maximum absolute atomic E-state index is 13.3. The summed E-state index contributed by atoms with van der Waals surface area (Å²) in [5.41, 5.74) is 5.85. The first kappa shape index (κ1) is 17.4. The summed E-state index contributed by atoms with van der Waals surface area (Å²) in [6.07, 6.45) is 5.83. The summed E-state index contributed by atoms with van der Waals surface area (Å²) in [4.78, 5) is 0. The largest absolute Gasteiger partial charge is 0.228 e. The predicted molar refractivity (Wildman–Crippen MR) is 102 cm³/mol. The molecule has 0 unspecified atom stereocenters. The first-order valence-electron chi connectivity index (χ1n) is 8.91. The summed E-state index contributed by atoms with van der Waals surface area (Å²) in [5, 5.41) is 5.13. The molecule has 5 heteroatoms. The number of hydrogen-bond acceptors (Lipinski definition) is 2. The number of rotatable bonds is 4. The van der Waals surface area contributed by atoms with E-state index in [1.165, 1.54) is 42.5 Å². The van der Waals surface area contributed by atoms with Crippen LogP contribution in [0.25, 0.3) is 11.1 Å². The zero-order chi connectivity index (χ0) is 18.4. The van der Waals surface area contributed by atoms with Crippen LogP contribution in [0.3, 0.4) is 0 Å². The molecule has 0 saturated heterocycles. The van der Waals surface area contributed by atoms with E-state index in [9.17, 15) is 12.8 Å². The summed E-state index contributed by atoms with van der Waals surface area (Å²) in [6.45, 7) is 0. The van der Waals surface area contributed by atoms with E-state index in [4.69, 9.17) is 5.14 Å². The van der Waals surface area contributed by atoms with Crippen LogP contribution in [0, 0.1) is 11.2 Å². The van der Waals surface area contributed by atoms with E-state index >= 15 is 0 Å². The van der Waals surface area contributed by atoms with E-state index in [2.05, 4.69) is 0 Å². The van der Waals surface area contributed by atoms with E-state index in [0.717, 1.165) is 24.0 Å². The smallest absolute Gasteiger partial charge is 0.213 e. The minimum atomic E-state index is -3.53. The molecule has 2 N–H and O–H groups in total. The highest BCUT2D eigenvalue weighted by molar-refractivity contribution is 7.88. The summed E-state index contributed by atoms with van der Waals surface area (Å²) in [5.74, 6) is -0.374.